The Labute approximate surface area is 199 Å². The minimum atomic E-state index is -2.88. The monoisotopic (exact) mass is 478 g/mol. The van der Waals surface area contributed by atoms with E-state index in [1.165, 1.54) is 0 Å². The van der Waals surface area contributed by atoms with Gasteiger partial charge < -0.3 is 9.47 Å². The normalized spacial score (nSPS) is 28.5. The minimum Gasteiger partial charge on any atom is -0.376 e. The number of halogens is 4. The standard InChI is InChI=1S/C28H34F4O2/c29-27(30)15-23(11-13-25(27)19-33-17-21-7-3-1-4-8-21)24-12-14-26(28(31,32)16-24)20-34-18-22-9-5-2-6-10-22/h1-10,23-26H,11-20H2/t23-,24-,25+,26+/m0/s1. The Balaban J connectivity index is 1.23. The summed E-state index contributed by atoms with van der Waals surface area (Å²) in [5.74, 6) is -8.20. The number of hydrogen-bond acceptors (Lipinski definition) is 2. The van der Waals surface area contributed by atoms with E-state index in [0.717, 1.165) is 11.1 Å². The molecular formula is C28H34F4O2. The molecule has 34 heavy (non-hydrogen) atoms. The van der Waals surface area contributed by atoms with Crippen molar-refractivity contribution in [3.8, 4) is 0 Å². The van der Waals surface area contributed by atoms with Gasteiger partial charge >= 0.3 is 0 Å². The molecule has 2 aromatic rings. The Bertz CT molecular complexity index is 801. The average molecular weight is 479 g/mol. The Morgan fingerprint density at radius 1 is 0.588 bits per heavy atom. The first-order chi connectivity index (χ1) is 16.3. The van der Waals surface area contributed by atoms with Crippen LogP contribution in [0, 0.1) is 23.7 Å². The molecule has 2 nitrogen and oxygen atoms in total. The van der Waals surface area contributed by atoms with Crippen LogP contribution in [0.5, 0.6) is 0 Å². The molecule has 0 spiro atoms. The first-order valence-corrected chi connectivity index (χ1v) is 12.3. The summed E-state index contributed by atoms with van der Waals surface area (Å²) in [6.07, 6.45) is 1.12. The lowest BCUT2D eigenvalue weighted by Gasteiger charge is -2.43. The van der Waals surface area contributed by atoms with Crippen LogP contribution in [0.15, 0.2) is 60.7 Å². The number of alkyl halides is 4. The SMILES string of the molecule is FC1(F)C[C@@H]([C@H]2CC[C@H](COCc3ccccc3)C(F)(F)C2)CC[C@@H]1COCc1ccccc1. The Kier molecular flexibility index (Phi) is 8.30. The van der Waals surface area contributed by atoms with Gasteiger partial charge in [-0.25, -0.2) is 17.6 Å². The molecule has 6 heteroatoms. The van der Waals surface area contributed by atoms with Gasteiger partial charge in [-0.15, -0.1) is 0 Å². The maximum Gasteiger partial charge on any atom is 0.253 e. The van der Waals surface area contributed by atoms with E-state index in [-0.39, 0.29) is 37.9 Å². The first-order valence-electron chi connectivity index (χ1n) is 12.3. The maximum absolute atomic E-state index is 14.9. The van der Waals surface area contributed by atoms with E-state index in [0.29, 0.717) is 38.9 Å². The van der Waals surface area contributed by atoms with Crippen molar-refractivity contribution in [2.24, 2.45) is 23.7 Å². The van der Waals surface area contributed by atoms with Crippen LogP contribution < -0.4 is 0 Å². The second kappa shape index (κ2) is 11.2. The molecule has 2 fully saturated rings. The second-order valence-electron chi connectivity index (χ2n) is 10.0. The zero-order chi connectivity index (χ0) is 24.0. The smallest absolute Gasteiger partial charge is 0.253 e. The van der Waals surface area contributed by atoms with Crippen molar-refractivity contribution in [2.75, 3.05) is 13.2 Å². The molecule has 0 N–H and O–H groups in total. The van der Waals surface area contributed by atoms with E-state index < -0.39 is 23.7 Å². The van der Waals surface area contributed by atoms with Crippen molar-refractivity contribution in [2.45, 2.75) is 63.6 Å². The van der Waals surface area contributed by atoms with Crippen molar-refractivity contribution in [1.29, 1.82) is 0 Å². The molecule has 4 atom stereocenters. The Hall–Kier alpha value is -1.92. The van der Waals surface area contributed by atoms with Crippen LogP contribution in [0.3, 0.4) is 0 Å². The zero-order valence-electron chi connectivity index (χ0n) is 19.5. The van der Waals surface area contributed by atoms with Crippen molar-refractivity contribution >= 4 is 0 Å². The van der Waals surface area contributed by atoms with Crippen molar-refractivity contribution in [1.82, 2.24) is 0 Å². The van der Waals surface area contributed by atoms with Gasteiger partial charge in [0.05, 0.1) is 26.4 Å². The van der Waals surface area contributed by atoms with Gasteiger partial charge in [0.2, 0.25) is 0 Å². The predicted octanol–water partition coefficient (Wildman–Crippen LogP) is 7.52. The predicted molar refractivity (Wildman–Crippen MR) is 124 cm³/mol. The van der Waals surface area contributed by atoms with Crippen LogP contribution in [0.1, 0.15) is 49.7 Å². The molecule has 0 saturated heterocycles. The fourth-order valence-electron chi connectivity index (χ4n) is 5.49. The number of rotatable bonds is 9. The molecular weight excluding hydrogens is 444 g/mol. The molecule has 0 bridgehead atoms. The molecule has 2 aliphatic carbocycles. The Morgan fingerprint density at radius 2 is 0.971 bits per heavy atom. The summed E-state index contributed by atoms with van der Waals surface area (Å²) >= 11 is 0. The molecule has 0 unspecified atom stereocenters. The topological polar surface area (TPSA) is 18.5 Å². The van der Waals surface area contributed by atoms with Crippen LogP contribution in [-0.2, 0) is 22.7 Å². The van der Waals surface area contributed by atoms with Gasteiger partial charge in [0.15, 0.2) is 0 Å². The number of hydrogen-bond donors (Lipinski definition) is 0. The van der Waals surface area contributed by atoms with E-state index in [1.54, 1.807) is 0 Å². The van der Waals surface area contributed by atoms with Gasteiger partial charge in [-0.2, -0.15) is 0 Å². The van der Waals surface area contributed by atoms with Gasteiger partial charge in [-0.1, -0.05) is 60.7 Å². The third-order valence-corrected chi connectivity index (χ3v) is 7.56. The summed E-state index contributed by atoms with van der Waals surface area (Å²) in [6.45, 7) is 0.603. The quantitative estimate of drug-likeness (QED) is 0.347. The molecule has 0 aromatic heterocycles. The third-order valence-electron chi connectivity index (χ3n) is 7.56. The van der Waals surface area contributed by atoms with Crippen LogP contribution >= 0.6 is 0 Å². The molecule has 2 aliphatic rings. The third kappa shape index (κ3) is 6.60. The second-order valence-corrected chi connectivity index (χ2v) is 10.0. The molecule has 0 radical (unpaired) electrons. The van der Waals surface area contributed by atoms with Crippen molar-refractivity contribution in [3.05, 3.63) is 71.8 Å². The number of ether oxygens (including phenoxy) is 2. The highest BCUT2D eigenvalue weighted by molar-refractivity contribution is 5.14. The largest absolute Gasteiger partial charge is 0.376 e. The number of benzene rings is 2. The molecule has 0 aliphatic heterocycles. The van der Waals surface area contributed by atoms with Gasteiger partial charge in [-0.05, 0) is 48.6 Å². The van der Waals surface area contributed by atoms with E-state index in [9.17, 15) is 17.6 Å². The summed E-state index contributed by atoms with van der Waals surface area (Å²) in [4.78, 5) is 0. The van der Waals surface area contributed by atoms with Gasteiger partial charge in [0.1, 0.15) is 0 Å². The highest BCUT2D eigenvalue weighted by atomic mass is 19.3. The summed E-state index contributed by atoms with van der Waals surface area (Å²) < 4.78 is 70.8. The highest BCUT2D eigenvalue weighted by Gasteiger charge is 2.51. The fraction of sp³-hybridized carbons (Fsp3) is 0.571. The lowest BCUT2D eigenvalue weighted by molar-refractivity contribution is -0.160. The summed E-state index contributed by atoms with van der Waals surface area (Å²) in [5, 5.41) is 0. The lowest BCUT2D eigenvalue weighted by Crippen LogP contribution is -2.44. The summed E-state index contributed by atoms with van der Waals surface area (Å²) in [6, 6.07) is 18.9. The zero-order valence-corrected chi connectivity index (χ0v) is 19.5. The van der Waals surface area contributed by atoms with Crippen LogP contribution in [0.2, 0.25) is 0 Å². The first kappa shape index (κ1) is 25.2. The molecule has 0 amide bonds. The maximum atomic E-state index is 14.9. The molecule has 2 aromatic carbocycles. The highest BCUT2D eigenvalue weighted by Crippen LogP contribution is 2.51. The van der Waals surface area contributed by atoms with Crippen LogP contribution in [0.25, 0.3) is 0 Å². The minimum absolute atomic E-state index is 0.00370. The molecule has 2 saturated carbocycles. The molecule has 0 heterocycles. The fourth-order valence-corrected chi connectivity index (χ4v) is 5.49. The van der Waals surface area contributed by atoms with E-state index >= 15 is 0 Å². The molecule has 4 rings (SSSR count). The van der Waals surface area contributed by atoms with E-state index in [2.05, 4.69) is 0 Å². The van der Waals surface area contributed by atoms with Crippen LogP contribution in [0.4, 0.5) is 17.6 Å². The van der Waals surface area contributed by atoms with Gasteiger partial charge in [0.25, 0.3) is 11.8 Å². The van der Waals surface area contributed by atoms with Gasteiger partial charge in [0, 0.05) is 24.7 Å². The van der Waals surface area contributed by atoms with Crippen molar-refractivity contribution < 1.29 is 27.0 Å². The lowest BCUT2D eigenvalue weighted by atomic mass is 9.67. The van der Waals surface area contributed by atoms with Crippen molar-refractivity contribution in [3.63, 3.8) is 0 Å². The summed E-state index contributed by atoms with van der Waals surface area (Å²) in [7, 11) is 0. The molecule has 186 valence electrons. The average Bonchev–Trinajstić information content (AvgIpc) is 2.82. The van der Waals surface area contributed by atoms with Gasteiger partial charge in [-0.3, -0.25) is 0 Å². The Morgan fingerprint density at radius 3 is 1.32 bits per heavy atom. The summed E-state index contributed by atoms with van der Waals surface area (Å²) in [5.41, 5.74) is 1.90. The van der Waals surface area contributed by atoms with Crippen LogP contribution in [-0.4, -0.2) is 25.1 Å². The van der Waals surface area contributed by atoms with E-state index in [1.807, 2.05) is 60.7 Å². The van der Waals surface area contributed by atoms with E-state index in [4.69, 9.17) is 9.47 Å².